The van der Waals surface area contributed by atoms with Crippen LogP contribution in [0.25, 0.3) is 11.9 Å². The molecule has 0 aliphatic rings. The number of hydrogen-bond acceptors (Lipinski definition) is 7. The molecule has 9 nitrogen and oxygen atoms in total. The molecule has 0 saturated heterocycles. The van der Waals surface area contributed by atoms with Crippen molar-refractivity contribution in [1.82, 2.24) is 39.3 Å². The quantitative estimate of drug-likeness (QED) is 0.725. The largest absolute Gasteiger partial charge is 0.357 e. The predicted octanol–water partition coefficient (Wildman–Crippen LogP) is 0.242. The van der Waals surface area contributed by atoms with E-state index in [1.54, 1.807) is 13.2 Å². The molecule has 9 heteroatoms. The van der Waals surface area contributed by atoms with E-state index in [-0.39, 0.29) is 0 Å². The average molecular weight is 271 g/mol. The summed E-state index contributed by atoms with van der Waals surface area (Å²) < 4.78 is 3.30. The molecule has 0 aromatic carbocycles. The number of anilines is 1. The lowest BCUT2D eigenvalue weighted by Gasteiger charge is -2.08. The molecule has 0 fully saturated rings. The van der Waals surface area contributed by atoms with Gasteiger partial charge in [0, 0.05) is 25.9 Å². The molecule has 102 valence electrons. The SMILES string of the molecule is CCc1nccn1-c1nc(NC)nc(-n2cncn2)n1. The zero-order chi connectivity index (χ0) is 13.9. The molecule has 0 radical (unpaired) electrons. The molecule has 3 aromatic heterocycles. The van der Waals surface area contributed by atoms with E-state index in [4.69, 9.17) is 0 Å². The lowest BCUT2D eigenvalue weighted by molar-refractivity contribution is 0.761. The second kappa shape index (κ2) is 5.03. The minimum Gasteiger partial charge on any atom is -0.357 e. The smallest absolute Gasteiger partial charge is 0.258 e. The lowest BCUT2D eigenvalue weighted by Crippen LogP contribution is -2.12. The number of nitrogens with zero attached hydrogens (tertiary/aromatic N) is 8. The van der Waals surface area contributed by atoms with Gasteiger partial charge in [-0.05, 0) is 0 Å². The minimum atomic E-state index is 0.396. The van der Waals surface area contributed by atoms with Crippen LogP contribution >= 0.6 is 0 Å². The average Bonchev–Trinajstić information content (AvgIpc) is 3.17. The Morgan fingerprint density at radius 3 is 2.75 bits per heavy atom. The lowest BCUT2D eigenvalue weighted by atomic mass is 10.4. The van der Waals surface area contributed by atoms with Gasteiger partial charge in [0.2, 0.25) is 11.9 Å². The number of hydrogen-bond donors (Lipinski definition) is 1. The Hall–Kier alpha value is -2.84. The molecule has 0 amide bonds. The number of aromatic nitrogens is 8. The fourth-order valence-corrected chi connectivity index (χ4v) is 1.77. The highest BCUT2D eigenvalue weighted by atomic mass is 15.4. The molecule has 0 aliphatic carbocycles. The van der Waals surface area contributed by atoms with E-state index in [0.29, 0.717) is 17.8 Å². The van der Waals surface area contributed by atoms with Crippen LogP contribution in [0.15, 0.2) is 25.0 Å². The number of aryl methyl sites for hydroxylation is 1. The van der Waals surface area contributed by atoms with Gasteiger partial charge >= 0.3 is 0 Å². The molecule has 1 N–H and O–H groups in total. The summed E-state index contributed by atoms with van der Waals surface area (Å²) in [5.74, 6) is 2.22. The Bertz CT molecular complexity index is 701. The summed E-state index contributed by atoms with van der Waals surface area (Å²) >= 11 is 0. The Kier molecular flexibility index (Phi) is 3.07. The van der Waals surface area contributed by atoms with Crippen LogP contribution in [0.4, 0.5) is 5.95 Å². The van der Waals surface area contributed by atoms with Crippen LogP contribution in [0.1, 0.15) is 12.7 Å². The Morgan fingerprint density at radius 2 is 2.05 bits per heavy atom. The van der Waals surface area contributed by atoms with Crippen molar-refractivity contribution in [1.29, 1.82) is 0 Å². The minimum absolute atomic E-state index is 0.396. The van der Waals surface area contributed by atoms with Gasteiger partial charge in [-0.3, -0.25) is 4.57 Å². The standard InChI is InChI=1S/C11H13N9/c1-3-8-14-4-5-19(8)10-16-9(12-2)17-11(18-10)20-7-13-6-15-20/h4-7H,3H2,1-2H3,(H,12,16,17,18). The first-order valence-corrected chi connectivity index (χ1v) is 6.13. The number of rotatable bonds is 4. The number of nitrogens with one attached hydrogen (secondary N) is 1. The van der Waals surface area contributed by atoms with E-state index in [0.717, 1.165) is 12.2 Å². The van der Waals surface area contributed by atoms with Crippen molar-refractivity contribution in [2.75, 3.05) is 12.4 Å². The van der Waals surface area contributed by atoms with E-state index < -0.39 is 0 Å². The van der Waals surface area contributed by atoms with Crippen molar-refractivity contribution >= 4 is 5.95 Å². The fourth-order valence-electron chi connectivity index (χ4n) is 1.77. The highest BCUT2D eigenvalue weighted by Crippen LogP contribution is 2.10. The summed E-state index contributed by atoms with van der Waals surface area (Å²) in [5, 5.41) is 6.94. The third kappa shape index (κ3) is 2.09. The summed E-state index contributed by atoms with van der Waals surface area (Å²) in [6, 6.07) is 0. The van der Waals surface area contributed by atoms with Gasteiger partial charge in [-0.2, -0.15) is 24.7 Å². The van der Waals surface area contributed by atoms with Crippen LogP contribution in [0.3, 0.4) is 0 Å². The maximum absolute atomic E-state index is 4.40. The van der Waals surface area contributed by atoms with E-state index >= 15 is 0 Å². The molecule has 0 saturated carbocycles. The highest BCUT2D eigenvalue weighted by Gasteiger charge is 2.11. The molecule has 3 aromatic rings. The number of imidazole rings is 1. The zero-order valence-corrected chi connectivity index (χ0v) is 11.1. The van der Waals surface area contributed by atoms with Crippen molar-refractivity contribution < 1.29 is 0 Å². The maximum Gasteiger partial charge on any atom is 0.258 e. The van der Waals surface area contributed by atoms with Crippen LogP contribution in [-0.2, 0) is 6.42 Å². The molecule has 3 heterocycles. The molecule has 0 atom stereocenters. The third-order valence-electron chi connectivity index (χ3n) is 2.71. The van der Waals surface area contributed by atoms with Crippen molar-refractivity contribution in [3.63, 3.8) is 0 Å². The van der Waals surface area contributed by atoms with Gasteiger partial charge in [0.15, 0.2) is 0 Å². The van der Waals surface area contributed by atoms with Gasteiger partial charge in [-0.15, -0.1) is 0 Å². The van der Waals surface area contributed by atoms with E-state index in [9.17, 15) is 0 Å². The molecular formula is C11H13N9. The molecule has 0 bridgehead atoms. The molecule has 0 aliphatic heterocycles. The topological polar surface area (TPSA) is 99.2 Å². The summed E-state index contributed by atoms with van der Waals surface area (Å²) in [4.78, 5) is 21.1. The Morgan fingerprint density at radius 1 is 1.20 bits per heavy atom. The molecule has 3 rings (SSSR count). The summed E-state index contributed by atoms with van der Waals surface area (Å²) in [7, 11) is 1.75. The molecular weight excluding hydrogens is 258 g/mol. The summed E-state index contributed by atoms with van der Waals surface area (Å²) in [5.41, 5.74) is 0. The van der Waals surface area contributed by atoms with Crippen molar-refractivity contribution in [2.24, 2.45) is 0 Å². The zero-order valence-electron chi connectivity index (χ0n) is 11.1. The van der Waals surface area contributed by atoms with Gasteiger partial charge in [0.1, 0.15) is 18.5 Å². The molecule has 0 spiro atoms. The van der Waals surface area contributed by atoms with Crippen LogP contribution in [-0.4, -0.2) is 46.3 Å². The first-order valence-electron chi connectivity index (χ1n) is 6.13. The fraction of sp³-hybridized carbons (Fsp3) is 0.273. The van der Waals surface area contributed by atoms with Crippen molar-refractivity contribution in [2.45, 2.75) is 13.3 Å². The van der Waals surface area contributed by atoms with Crippen LogP contribution < -0.4 is 5.32 Å². The van der Waals surface area contributed by atoms with Crippen molar-refractivity contribution in [3.8, 4) is 11.9 Å². The normalized spacial score (nSPS) is 10.7. The maximum atomic E-state index is 4.40. The first-order chi connectivity index (χ1) is 9.81. The van der Waals surface area contributed by atoms with E-state index in [2.05, 4.69) is 35.3 Å². The van der Waals surface area contributed by atoms with Crippen LogP contribution in [0, 0.1) is 0 Å². The van der Waals surface area contributed by atoms with Gasteiger partial charge in [0.05, 0.1) is 0 Å². The van der Waals surface area contributed by atoms with E-state index in [1.807, 2.05) is 17.7 Å². The molecule has 20 heavy (non-hydrogen) atoms. The van der Waals surface area contributed by atoms with Gasteiger partial charge < -0.3 is 5.32 Å². The van der Waals surface area contributed by atoms with Crippen LogP contribution in [0.5, 0.6) is 0 Å². The van der Waals surface area contributed by atoms with Crippen molar-refractivity contribution in [3.05, 3.63) is 30.9 Å². The summed E-state index contributed by atoms with van der Waals surface area (Å²) in [6.07, 6.45) is 7.28. The summed E-state index contributed by atoms with van der Waals surface area (Å²) in [6.45, 7) is 2.03. The monoisotopic (exact) mass is 271 g/mol. The second-order valence-corrected chi connectivity index (χ2v) is 3.92. The predicted molar refractivity (Wildman–Crippen MR) is 70.8 cm³/mol. The highest BCUT2D eigenvalue weighted by molar-refractivity contribution is 5.32. The van der Waals surface area contributed by atoms with Crippen LogP contribution in [0.2, 0.25) is 0 Å². The van der Waals surface area contributed by atoms with E-state index in [1.165, 1.54) is 17.3 Å². The van der Waals surface area contributed by atoms with Gasteiger partial charge in [-0.25, -0.2) is 9.97 Å². The van der Waals surface area contributed by atoms with Gasteiger partial charge in [0.25, 0.3) is 5.95 Å². The third-order valence-corrected chi connectivity index (χ3v) is 2.71. The Balaban J connectivity index is 2.14. The molecule has 0 unspecified atom stereocenters. The van der Waals surface area contributed by atoms with Gasteiger partial charge in [-0.1, -0.05) is 6.92 Å². The second-order valence-electron chi connectivity index (χ2n) is 3.92. The Labute approximate surface area is 114 Å². The first kappa shape index (κ1) is 12.2.